The predicted molar refractivity (Wildman–Crippen MR) is 306 cm³/mol. The molecule has 2 aliphatic heterocycles. The van der Waals surface area contributed by atoms with Crippen LogP contribution in [0.15, 0.2) is 97.1 Å². The zero-order chi connectivity index (χ0) is 61.2. The maximum absolute atomic E-state index is 13.7. The zero-order valence-electron chi connectivity index (χ0n) is 48.4. The number of carbonyl (C=O) groups excluding carboxylic acids is 6. The number of carboxylic acids is 2. The molecule has 2 aliphatic rings. The van der Waals surface area contributed by atoms with E-state index in [2.05, 4.69) is 20.6 Å². The lowest BCUT2D eigenvalue weighted by molar-refractivity contribution is -0.839. The van der Waals surface area contributed by atoms with Crippen molar-refractivity contribution in [2.45, 2.75) is 131 Å². The molecule has 6 atom stereocenters. The Morgan fingerprint density at radius 2 is 1.00 bits per heavy atom. The maximum Gasteiger partial charge on any atom is 0.605 e. The highest BCUT2D eigenvalue weighted by atomic mass is 16.7. The van der Waals surface area contributed by atoms with Crippen LogP contribution in [-0.4, -0.2) is 173 Å². The van der Waals surface area contributed by atoms with Crippen molar-refractivity contribution in [3.8, 4) is 22.5 Å². The molecule has 2 aromatic heterocycles. The minimum atomic E-state index is -2.61. The summed E-state index contributed by atoms with van der Waals surface area (Å²) in [5.41, 5.74) is 3.37. The molecule has 0 spiro atoms. The molecule has 2 aromatic carbocycles. The van der Waals surface area contributed by atoms with Gasteiger partial charge in [-0.25, -0.2) is 9.97 Å². The van der Waals surface area contributed by atoms with Crippen LogP contribution >= 0.6 is 0 Å². The van der Waals surface area contributed by atoms with Gasteiger partial charge in [-0.1, -0.05) is 100 Å². The quantitative estimate of drug-likeness (QED) is 0.0319. The van der Waals surface area contributed by atoms with Gasteiger partial charge >= 0.3 is 37.7 Å². The average molecular weight is 1140 g/mol. The van der Waals surface area contributed by atoms with Gasteiger partial charge in [-0.05, 0) is 90.5 Å². The maximum atomic E-state index is 13.7. The summed E-state index contributed by atoms with van der Waals surface area (Å²) >= 11 is 0. The highest BCUT2D eigenvalue weighted by Gasteiger charge is 2.72. The predicted octanol–water partition coefficient (Wildman–Crippen LogP) is 4.39. The normalized spacial score (nSPS) is 18.6. The molecule has 2 fully saturated rings. The molecule has 0 unspecified atom stereocenters. The van der Waals surface area contributed by atoms with Crippen molar-refractivity contribution in [3.63, 3.8) is 0 Å². The second-order valence-electron chi connectivity index (χ2n) is 22.4. The number of Topliss-reactive ketones (excluding diaryl/α,β-unsaturated/α-hetero) is 2. The van der Waals surface area contributed by atoms with Crippen LogP contribution < -0.4 is 10.6 Å². The van der Waals surface area contributed by atoms with Gasteiger partial charge in [0.15, 0.2) is 11.6 Å². The van der Waals surface area contributed by atoms with Gasteiger partial charge in [-0.2, -0.15) is 0 Å². The first-order chi connectivity index (χ1) is 38.5. The van der Waals surface area contributed by atoms with Gasteiger partial charge in [0.1, 0.15) is 24.5 Å². The summed E-state index contributed by atoms with van der Waals surface area (Å²) in [5, 5.41) is 62.0. The number of fused-ring (bicyclic) bond motifs is 1. The minimum Gasteiger partial charge on any atom is -0.599 e. The standard InChI is InChI=1S/C29H38BN3O7.C22H29BN2O5.C7H13NO4/c1-18(2)14-26(30-33(19(3)4,16-27(36)39-30)17-28(37)40-30)32-29(38)22(20(5)34)15-25(35)24-13-9-12-23(31-24)21-10-7-6-8-11-21;1-14(2)12-21(23(29)30)25-22(28)17(15(3)26)13-20(27)19-11-7-10-18(24-19)16-8-5-4-6-9-16;1-5(2)8(3-6(9)10)4-7(11)12/h6-13,18-20,22,26,34H,14-17H2,1-5H3,(H,32,38);4-11,14-15,17,21,26,29-30H,12-13H2,1-3H3,(H,25,28);5H,3-4H2,1-2H3,(H,9,10)(H,11,12)/t20-,22+,26+,30?,33?;15-,17+,21+;/m11./s1. The Labute approximate surface area is 479 Å². The van der Waals surface area contributed by atoms with E-state index in [1.165, 1.54) is 18.7 Å². The molecule has 0 saturated carbocycles. The summed E-state index contributed by atoms with van der Waals surface area (Å²) in [5.74, 6) is -8.64. The first kappa shape index (κ1) is 67.3. The number of benzene rings is 2. The highest BCUT2D eigenvalue weighted by Crippen LogP contribution is 2.42. The fraction of sp³-hybridized carbons (Fsp3) is 0.483. The van der Waals surface area contributed by atoms with Gasteiger partial charge in [0.25, 0.3) is 0 Å². The summed E-state index contributed by atoms with van der Waals surface area (Å²) in [7, 11) is -1.73. The number of pyridine rings is 2. The number of quaternary nitrogens is 1. The Morgan fingerprint density at radius 3 is 1.34 bits per heavy atom. The third-order valence-corrected chi connectivity index (χ3v) is 14.4. The average Bonchev–Trinajstić information content (AvgIpc) is 2.82. The smallest absolute Gasteiger partial charge is 0.599 e. The fourth-order valence-electron chi connectivity index (χ4n) is 10.0. The first-order valence-electron chi connectivity index (χ1n) is 27.6. The summed E-state index contributed by atoms with van der Waals surface area (Å²) in [6.45, 7) is 14.7. The summed E-state index contributed by atoms with van der Waals surface area (Å²) in [6, 6.07) is 28.8. The van der Waals surface area contributed by atoms with Crippen LogP contribution in [0.1, 0.15) is 116 Å². The van der Waals surface area contributed by atoms with E-state index in [0.717, 1.165) is 11.1 Å². The number of aliphatic hydroxyl groups excluding tert-OH is 2. The number of aromatic nitrogens is 2. The first-order valence-corrected chi connectivity index (χ1v) is 27.6. The molecule has 0 radical (unpaired) electrons. The van der Waals surface area contributed by atoms with Crippen LogP contribution in [0.4, 0.5) is 0 Å². The van der Waals surface area contributed by atoms with Crippen LogP contribution in [0.5, 0.6) is 0 Å². The summed E-state index contributed by atoms with van der Waals surface area (Å²) < 4.78 is 11.6. The molecular weight excluding hydrogens is 1060 g/mol. The fourth-order valence-corrected chi connectivity index (χ4v) is 10.0. The van der Waals surface area contributed by atoms with Crippen LogP contribution in [-0.2, 0) is 38.1 Å². The Balaban J connectivity index is 0.000000302. The molecule has 2 amide bonds. The number of hydrogen-bond donors (Lipinski definition) is 8. The topological polar surface area (TPSA) is 329 Å². The van der Waals surface area contributed by atoms with E-state index in [1.807, 2.05) is 102 Å². The minimum absolute atomic E-state index is 0.0240. The highest BCUT2D eigenvalue weighted by molar-refractivity contribution is 6.68. The lowest BCUT2D eigenvalue weighted by Gasteiger charge is -2.50. The molecule has 24 heteroatoms. The van der Waals surface area contributed by atoms with Crippen LogP contribution in [0.25, 0.3) is 22.5 Å². The number of aliphatic hydroxyl groups is 2. The second-order valence-corrected chi connectivity index (χ2v) is 22.4. The van der Waals surface area contributed by atoms with Gasteiger partial charge < -0.3 is 54.8 Å². The molecule has 4 aromatic rings. The number of nitrogens with zero attached hydrogens (tertiary/aromatic N) is 4. The molecule has 82 heavy (non-hydrogen) atoms. The zero-order valence-corrected chi connectivity index (χ0v) is 48.4. The molecule has 0 bridgehead atoms. The Bertz CT molecular complexity index is 2780. The Hall–Kier alpha value is -7.21. The Kier molecular flexibility index (Phi) is 25.2. The van der Waals surface area contributed by atoms with E-state index in [-0.39, 0.29) is 84.5 Å². The van der Waals surface area contributed by atoms with Crippen LogP contribution in [0, 0.1) is 23.7 Å². The van der Waals surface area contributed by atoms with E-state index in [1.54, 1.807) is 50.2 Å². The van der Waals surface area contributed by atoms with Gasteiger partial charge in [-0.3, -0.25) is 43.3 Å². The van der Waals surface area contributed by atoms with Crippen molar-refractivity contribution in [2.24, 2.45) is 23.7 Å². The molecule has 2 saturated heterocycles. The van der Waals surface area contributed by atoms with E-state index in [0.29, 0.717) is 24.2 Å². The lowest BCUT2D eigenvalue weighted by atomic mass is 9.56. The molecule has 8 N–H and O–H groups in total. The number of amides is 2. The molecule has 6 rings (SSSR count). The number of rotatable bonds is 26. The van der Waals surface area contributed by atoms with E-state index >= 15 is 0 Å². The number of nitrogens with one attached hydrogen (secondary N) is 2. The molecular formula is C58H80B2N6O16. The summed E-state index contributed by atoms with van der Waals surface area (Å²) in [4.78, 5) is 108. The molecule has 22 nitrogen and oxygen atoms in total. The van der Waals surface area contributed by atoms with E-state index < -0.39 is 91.2 Å². The number of carbonyl (C=O) groups is 8. The van der Waals surface area contributed by atoms with Crippen molar-refractivity contribution in [1.29, 1.82) is 0 Å². The van der Waals surface area contributed by atoms with E-state index in [9.17, 15) is 58.6 Å². The SMILES string of the molecule is CC(C)C[C@H](NC(=O)[C@@H](CC(=O)c1cccc(-c2ccccc2)n1)[C@@H](C)O)B(O)O.CC(C)C[C@H](NC(=O)[C@@H](CC(=O)c1cccc(-c2ccccc2)n1)[C@@H](C)O)[B-]12OC(=O)C[N+]1(C(C)C)CC(=O)O2.CC(C)N(CC(=O)O)CC(=O)O. The number of carboxylic acid groups (broad SMARTS) is 2. The largest absolute Gasteiger partial charge is 0.605 e. The van der Waals surface area contributed by atoms with Gasteiger partial charge in [0.2, 0.25) is 11.8 Å². The van der Waals surface area contributed by atoms with E-state index in [4.69, 9.17) is 19.5 Å². The van der Waals surface area contributed by atoms with Crippen LogP contribution in [0.3, 0.4) is 0 Å². The van der Waals surface area contributed by atoms with Crippen molar-refractivity contribution >= 4 is 61.1 Å². The van der Waals surface area contributed by atoms with Gasteiger partial charge in [-0.15, -0.1) is 0 Å². The number of ketones is 2. The van der Waals surface area contributed by atoms with Gasteiger partial charge in [0, 0.05) is 36.1 Å². The monoisotopic (exact) mass is 1140 g/mol. The number of aliphatic carboxylic acids is 2. The van der Waals surface area contributed by atoms with Crippen molar-refractivity contribution in [2.75, 3.05) is 26.2 Å². The number of hydrogen-bond acceptors (Lipinski definition) is 17. The lowest BCUT2D eigenvalue weighted by Crippen LogP contribution is -2.75. The molecule has 4 heterocycles. The molecule has 444 valence electrons. The van der Waals surface area contributed by atoms with Crippen molar-refractivity contribution in [1.82, 2.24) is 25.5 Å². The third kappa shape index (κ3) is 18.7. The van der Waals surface area contributed by atoms with Crippen molar-refractivity contribution in [3.05, 3.63) is 108 Å². The summed E-state index contributed by atoms with van der Waals surface area (Å²) in [6.07, 6.45) is -2.07. The van der Waals surface area contributed by atoms with Gasteiger partial charge in [0.05, 0.1) is 60.4 Å². The Morgan fingerprint density at radius 1 is 0.598 bits per heavy atom. The molecule has 0 aliphatic carbocycles. The third-order valence-electron chi connectivity index (χ3n) is 14.4. The second kappa shape index (κ2) is 30.7. The van der Waals surface area contributed by atoms with Crippen LogP contribution in [0.2, 0.25) is 0 Å². The van der Waals surface area contributed by atoms with Crippen molar-refractivity contribution < 1.29 is 82.5 Å².